The predicted octanol–water partition coefficient (Wildman–Crippen LogP) is 3.39. The van der Waals surface area contributed by atoms with Crippen LogP contribution in [0.25, 0.3) is 11.3 Å². The summed E-state index contributed by atoms with van der Waals surface area (Å²) >= 11 is 0. The van der Waals surface area contributed by atoms with Gasteiger partial charge in [0.15, 0.2) is 9.84 Å². The maximum atomic E-state index is 13.5. The van der Waals surface area contributed by atoms with E-state index >= 15 is 0 Å². The summed E-state index contributed by atoms with van der Waals surface area (Å²) in [6.07, 6.45) is 1.31. The standard InChI is InChI=1S/C24H25N3O4S/c1-3-15-5-7-16(8-6-15)23-20-21(18-12-14(2)4-9-19(18)28)25-26-22(20)24(29)27(23)17-10-11-32(30,31)13-17/h4-9,12,17,23,28H,3,10-11,13H2,1-2H3,(H,25,26). The minimum Gasteiger partial charge on any atom is -0.507 e. The Kier molecular flexibility index (Phi) is 4.85. The third-order valence-corrected chi connectivity index (χ3v) is 8.27. The SMILES string of the molecule is CCc1ccc(C2c3c(-c4cc(C)ccc4O)n[nH]c3C(=O)N2C2CCS(=O)(=O)C2)cc1. The molecule has 1 fully saturated rings. The number of carbonyl (C=O) groups is 1. The minimum absolute atomic E-state index is 0.0367. The van der Waals surface area contributed by atoms with E-state index < -0.39 is 21.9 Å². The van der Waals surface area contributed by atoms with Gasteiger partial charge in [-0.25, -0.2) is 8.42 Å². The topological polar surface area (TPSA) is 103 Å². The lowest BCUT2D eigenvalue weighted by molar-refractivity contribution is 0.0677. The van der Waals surface area contributed by atoms with Crippen LogP contribution >= 0.6 is 0 Å². The number of rotatable bonds is 4. The molecule has 2 atom stereocenters. The average molecular weight is 452 g/mol. The Morgan fingerprint density at radius 1 is 1.19 bits per heavy atom. The van der Waals surface area contributed by atoms with Crippen molar-refractivity contribution in [3.63, 3.8) is 0 Å². The number of phenols is 1. The lowest BCUT2D eigenvalue weighted by Crippen LogP contribution is -2.40. The van der Waals surface area contributed by atoms with Gasteiger partial charge in [0.1, 0.15) is 17.1 Å². The van der Waals surface area contributed by atoms with Crippen molar-refractivity contribution in [3.05, 3.63) is 70.4 Å². The van der Waals surface area contributed by atoms with Crippen LogP contribution in [-0.4, -0.2) is 52.1 Å². The van der Waals surface area contributed by atoms with Gasteiger partial charge >= 0.3 is 0 Å². The van der Waals surface area contributed by atoms with Crippen molar-refractivity contribution in [1.29, 1.82) is 0 Å². The van der Waals surface area contributed by atoms with Gasteiger partial charge in [0.25, 0.3) is 5.91 Å². The first-order valence-electron chi connectivity index (χ1n) is 10.8. The molecule has 7 nitrogen and oxygen atoms in total. The van der Waals surface area contributed by atoms with Gasteiger partial charge in [-0.2, -0.15) is 5.10 Å². The molecule has 32 heavy (non-hydrogen) atoms. The first-order valence-corrected chi connectivity index (χ1v) is 12.6. The van der Waals surface area contributed by atoms with Crippen LogP contribution in [0.15, 0.2) is 42.5 Å². The number of carbonyl (C=O) groups excluding carboxylic acids is 1. The van der Waals surface area contributed by atoms with Crippen molar-refractivity contribution in [3.8, 4) is 17.0 Å². The number of nitrogens with one attached hydrogen (secondary N) is 1. The van der Waals surface area contributed by atoms with Crippen LogP contribution in [0.1, 0.15) is 52.1 Å². The van der Waals surface area contributed by atoms with Gasteiger partial charge < -0.3 is 10.0 Å². The van der Waals surface area contributed by atoms with E-state index in [0.717, 1.165) is 17.5 Å². The van der Waals surface area contributed by atoms with Crippen LogP contribution in [0.2, 0.25) is 0 Å². The zero-order valence-electron chi connectivity index (χ0n) is 18.0. The highest BCUT2D eigenvalue weighted by Crippen LogP contribution is 2.46. The van der Waals surface area contributed by atoms with E-state index in [1.54, 1.807) is 11.0 Å². The number of aromatic amines is 1. The van der Waals surface area contributed by atoms with Crippen molar-refractivity contribution in [1.82, 2.24) is 15.1 Å². The van der Waals surface area contributed by atoms with Gasteiger partial charge in [-0.3, -0.25) is 9.89 Å². The number of phenolic OH excluding ortho intramolecular Hbond substituents is 1. The molecule has 2 aliphatic heterocycles. The molecule has 8 heteroatoms. The van der Waals surface area contributed by atoms with Crippen molar-refractivity contribution < 1.29 is 18.3 Å². The third-order valence-electron chi connectivity index (χ3n) is 6.52. The molecule has 0 spiro atoms. The van der Waals surface area contributed by atoms with E-state index in [-0.39, 0.29) is 23.2 Å². The van der Waals surface area contributed by atoms with Gasteiger partial charge in [-0.15, -0.1) is 0 Å². The summed E-state index contributed by atoms with van der Waals surface area (Å²) < 4.78 is 24.4. The number of nitrogens with zero attached hydrogens (tertiary/aromatic N) is 2. The normalized spacial score (nSPS) is 21.8. The lowest BCUT2D eigenvalue weighted by Gasteiger charge is -2.31. The van der Waals surface area contributed by atoms with E-state index in [1.807, 2.05) is 43.3 Å². The molecule has 2 unspecified atom stereocenters. The fraction of sp³-hybridized carbons (Fsp3) is 0.333. The number of aromatic hydroxyl groups is 1. The number of aryl methyl sites for hydroxylation is 2. The summed E-state index contributed by atoms with van der Waals surface area (Å²) in [5.74, 6) is -0.122. The average Bonchev–Trinajstić information content (AvgIpc) is 3.43. The number of H-pyrrole nitrogens is 1. The van der Waals surface area contributed by atoms with Crippen LogP contribution < -0.4 is 0 Å². The summed E-state index contributed by atoms with van der Waals surface area (Å²) in [5, 5.41) is 17.8. The van der Waals surface area contributed by atoms with Crippen LogP contribution in [0, 0.1) is 6.92 Å². The molecular formula is C24H25N3O4S. The molecule has 2 aromatic carbocycles. The Hall–Kier alpha value is -3.13. The second-order valence-corrected chi connectivity index (χ2v) is 10.9. The molecule has 3 heterocycles. The zero-order valence-corrected chi connectivity index (χ0v) is 18.8. The van der Waals surface area contributed by atoms with Gasteiger partial charge in [0.2, 0.25) is 0 Å². The number of amides is 1. The molecule has 166 valence electrons. The highest BCUT2D eigenvalue weighted by molar-refractivity contribution is 7.91. The van der Waals surface area contributed by atoms with E-state index in [4.69, 9.17) is 0 Å². The molecular weight excluding hydrogens is 426 g/mol. The fourth-order valence-corrected chi connectivity index (χ4v) is 6.56. The van der Waals surface area contributed by atoms with E-state index in [2.05, 4.69) is 17.1 Å². The number of hydrogen-bond donors (Lipinski definition) is 2. The quantitative estimate of drug-likeness (QED) is 0.633. The van der Waals surface area contributed by atoms with Crippen LogP contribution in [0.3, 0.4) is 0 Å². The van der Waals surface area contributed by atoms with Crippen molar-refractivity contribution >= 4 is 15.7 Å². The Labute approximate surface area is 187 Å². The summed E-state index contributed by atoms with van der Waals surface area (Å²) in [6, 6.07) is 12.5. The summed E-state index contributed by atoms with van der Waals surface area (Å²) in [6.45, 7) is 4.01. The van der Waals surface area contributed by atoms with Crippen molar-refractivity contribution in [2.24, 2.45) is 0 Å². The van der Waals surface area contributed by atoms with E-state index in [1.165, 1.54) is 5.56 Å². The predicted molar refractivity (Wildman–Crippen MR) is 121 cm³/mol. The maximum Gasteiger partial charge on any atom is 0.273 e. The third kappa shape index (κ3) is 3.30. The molecule has 1 aromatic heterocycles. The van der Waals surface area contributed by atoms with Gasteiger partial charge in [-0.1, -0.05) is 42.8 Å². The van der Waals surface area contributed by atoms with Crippen LogP contribution in [-0.2, 0) is 16.3 Å². The van der Waals surface area contributed by atoms with Crippen LogP contribution in [0.5, 0.6) is 5.75 Å². The maximum absolute atomic E-state index is 13.5. The number of sulfone groups is 1. The molecule has 2 N–H and O–H groups in total. The van der Waals surface area contributed by atoms with Crippen molar-refractivity contribution in [2.75, 3.05) is 11.5 Å². The molecule has 1 saturated heterocycles. The molecule has 2 aliphatic rings. The van der Waals surface area contributed by atoms with Crippen LogP contribution in [0.4, 0.5) is 0 Å². The van der Waals surface area contributed by atoms with E-state index in [9.17, 15) is 18.3 Å². The summed E-state index contributed by atoms with van der Waals surface area (Å²) in [7, 11) is -3.18. The van der Waals surface area contributed by atoms with Gasteiger partial charge in [0.05, 0.1) is 17.5 Å². The Morgan fingerprint density at radius 3 is 2.59 bits per heavy atom. The lowest BCUT2D eigenvalue weighted by atomic mass is 9.93. The second-order valence-electron chi connectivity index (χ2n) is 8.65. The largest absolute Gasteiger partial charge is 0.507 e. The fourth-order valence-electron chi connectivity index (χ4n) is 4.84. The molecule has 5 rings (SSSR count). The molecule has 0 aliphatic carbocycles. The molecule has 1 amide bonds. The Morgan fingerprint density at radius 2 is 1.94 bits per heavy atom. The van der Waals surface area contributed by atoms with Gasteiger partial charge in [-0.05, 0) is 43.0 Å². The summed E-state index contributed by atoms with van der Waals surface area (Å²) in [4.78, 5) is 15.2. The molecule has 0 saturated carbocycles. The molecule has 3 aromatic rings. The minimum atomic E-state index is -3.18. The highest BCUT2D eigenvalue weighted by Gasteiger charge is 2.48. The van der Waals surface area contributed by atoms with E-state index in [0.29, 0.717) is 28.9 Å². The zero-order chi connectivity index (χ0) is 22.6. The number of hydrogen-bond acceptors (Lipinski definition) is 5. The monoisotopic (exact) mass is 451 g/mol. The highest BCUT2D eigenvalue weighted by atomic mass is 32.2. The van der Waals surface area contributed by atoms with Crippen molar-refractivity contribution in [2.45, 2.75) is 38.8 Å². The number of aromatic nitrogens is 2. The summed E-state index contributed by atoms with van der Waals surface area (Å²) in [5.41, 5.74) is 5.14. The Balaban J connectivity index is 1.69. The Bertz CT molecular complexity index is 1310. The first kappa shape index (κ1) is 20.8. The molecule has 0 bridgehead atoms. The molecule has 0 radical (unpaired) electrons. The second kappa shape index (κ2) is 7.48. The smallest absolute Gasteiger partial charge is 0.273 e. The number of fused-ring (bicyclic) bond motifs is 1. The van der Waals surface area contributed by atoms with Gasteiger partial charge in [0, 0.05) is 17.2 Å². The first-order chi connectivity index (χ1) is 15.3. The number of benzene rings is 2.